The SMILES string of the molecule is C[C@H]1[C@H]2Cc3ccc(O)cc3[C@]1(CCCC(N)=O)CCN2CC1CC1. The Morgan fingerprint density at radius 2 is 2.20 bits per heavy atom. The number of piperidine rings is 1. The van der Waals surface area contributed by atoms with Crippen LogP contribution in [0.2, 0.25) is 0 Å². The van der Waals surface area contributed by atoms with Crippen molar-refractivity contribution in [3.63, 3.8) is 0 Å². The molecule has 4 nitrogen and oxygen atoms in total. The Kier molecular flexibility index (Phi) is 4.27. The fourth-order valence-electron chi connectivity index (χ4n) is 5.46. The van der Waals surface area contributed by atoms with E-state index in [4.69, 9.17) is 5.73 Å². The molecule has 3 aliphatic rings. The molecule has 0 unspecified atom stereocenters. The summed E-state index contributed by atoms with van der Waals surface area (Å²) in [6.45, 7) is 4.78. The number of carbonyl (C=O) groups is 1. The first-order chi connectivity index (χ1) is 12.0. The van der Waals surface area contributed by atoms with Crippen molar-refractivity contribution in [3.8, 4) is 5.75 Å². The first-order valence-electron chi connectivity index (χ1n) is 9.84. The molecular formula is C21H30N2O2. The zero-order chi connectivity index (χ0) is 17.6. The Morgan fingerprint density at radius 3 is 2.92 bits per heavy atom. The molecule has 1 aromatic carbocycles. The van der Waals surface area contributed by atoms with Gasteiger partial charge in [-0.25, -0.2) is 0 Å². The van der Waals surface area contributed by atoms with Crippen molar-refractivity contribution < 1.29 is 9.90 Å². The summed E-state index contributed by atoms with van der Waals surface area (Å²) in [5, 5.41) is 10.1. The van der Waals surface area contributed by atoms with Crippen LogP contribution in [0.5, 0.6) is 5.75 Å². The lowest BCUT2D eigenvalue weighted by Gasteiger charge is -2.56. The number of benzene rings is 1. The highest BCUT2D eigenvalue weighted by molar-refractivity contribution is 5.73. The number of amides is 1. The normalized spacial score (nSPS) is 31.6. The zero-order valence-electron chi connectivity index (χ0n) is 15.2. The van der Waals surface area contributed by atoms with Crippen LogP contribution < -0.4 is 5.73 Å². The van der Waals surface area contributed by atoms with Gasteiger partial charge in [0.1, 0.15) is 5.75 Å². The van der Waals surface area contributed by atoms with Crippen LogP contribution in [0.25, 0.3) is 0 Å². The standard InChI is InChI=1S/C21H30N2O2/c1-14-19-11-16-6-7-17(24)12-18(16)21(14,8-2-3-20(22)25)9-10-23(19)13-15-4-5-15/h6-7,12,14-15,19,24H,2-5,8-11,13H2,1H3,(H2,22,25)/t14-,19+,21+/m0/s1. The van der Waals surface area contributed by atoms with Gasteiger partial charge in [0.25, 0.3) is 0 Å². The van der Waals surface area contributed by atoms with E-state index in [1.807, 2.05) is 12.1 Å². The number of nitrogens with zero attached hydrogens (tertiary/aromatic N) is 1. The molecule has 1 aliphatic heterocycles. The van der Waals surface area contributed by atoms with Crippen LogP contribution >= 0.6 is 0 Å². The Labute approximate surface area is 150 Å². The van der Waals surface area contributed by atoms with Crippen LogP contribution in [-0.2, 0) is 16.6 Å². The molecule has 25 heavy (non-hydrogen) atoms. The topological polar surface area (TPSA) is 66.6 Å². The number of primary amides is 1. The summed E-state index contributed by atoms with van der Waals surface area (Å²) in [7, 11) is 0. The van der Waals surface area contributed by atoms with Crippen molar-refractivity contribution in [2.75, 3.05) is 13.1 Å². The molecule has 1 amide bonds. The summed E-state index contributed by atoms with van der Waals surface area (Å²) in [4.78, 5) is 14.0. The zero-order valence-corrected chi connectivity index (χ0v) is 15.2. The summed E-state index contributed by atoms with van der Waals surface area (Å²) in [6, 6.07) is 6.52. The second kappa shape index (κ2) is 6.31. The first kappa shape index (κ1) is 16.9. The third-order valence-electron chi connectivity index (χ3n) is 7.06. The molecule has 0 spiro atoms. The van der Waals surface area contributed by atoms with Gasteiger partial charge in [0.05, 0.1) is 0 Å². The molecule has 4 rings (SSSR count). The minimum atomic E-state index is -0.210. The lowest BCUT2D eigenvalue weighted by atomic mass is 9.56. The molecule has 2 fully saturated rings. The predicted octanol–water partition coefficient (Wildman–Crippen LogP) is 2.96. The van der Waals surface area contributed by atoms with Crippen LogP contribution in [0.4, 0.5) is 0 Å². The van der Waals surface area contributed by atoms with Crippen molar-refractivity contribution in [2.24, 2.45) is 17.6 Å². The lowest BCUT2D eigenvalue weighted by Crippen LogP contribution is -2.59. The third kappa shape index (κ3) is 3.05. The van der Waals surface area contributed by atoms with Crippen LogP contribution in [-0.4, -0.2) is 35.0 Å². The van der Waals surface area contributed by atoms with Gasteiger partial charge in [-0.1, -0.05) is 13.0 Å². The molecule has 1 saturated carbocycles. The molecule has 1 saturated heterocycles. The smallest absolute Gasteiger partial charge is 0.217 e. The van der Waals surface area contributed by atoms with Gasteiger partial charge < -0.3 is 10.8 Å². The highest BCUT2D eigenvalue weighted by atomic mass is 16.3. The highest BCUT2D eigenvalue weighted by Gasteiger charge is 2.51. The maximum absolute atomic E-state index is 11.2. The Balaban J connectivity index is 1.66. The van der Waals surface area contributed by atoms with E-state index >= 15 is 0 Å². The molecule has 136 valence electrons. The average Bonchev–Trinajstić information content (AvgIpc) is 3.37. The van der Waals surface area contributed by atoms with Crippen molar-refractivity contribution in [3.05, 3.63) is 29.3 Å². The van der Waals surface area contributed by atoms with Gasteiger partial charge in [0.15, 0.2) is 0 Å². The Hall–Kier alpha value is -1.55. The predicted molar refractivity (Wildman–Crippen MR) is 98.4 cm³/mol. The van der Waals surface area contributed by atoms with E-state index in [2.05, 4.69) is 17.9 Å². The monoisotopic (exact) mass is 342 g/mol. The average molecular weight is 342 g/mol. The van der Waals surface area contributed by atoms with Crippen LogP contribution in [0, 0.1) is 11.8 Å². The van der Waals surface area contributed by atoms with Crippen LogP contribution in [0.1, 0.15) is 56.6 Å². The minimum Gasteiger partial charge on any atom is -0.508 e. The van der Waals surface area contributed by atoms with E-state index in [0.29, 0.717) is 24.1 Å². The lowest BCUT2D eigenvalue weighted by molar-refractivity contribution is -0.118. The van der Waals surface area contributed by atoms with Crippen molar-refractivity contribution >= 4 is 5.91 Å². The molecule has 0 radical (unpaired) electrons. The van der Waals surface area contributed by atoms with Gasteiger partial charge in [0, 0.05) is 24.4 Å². The summed E-state index contributed by atoms with van der Waals surface area (Å²) in [5.74, 6) is 1.61. The number of carbonyl (C=O) groups excluding carboxylic acids is 1. The molecule has 1 heterocycles. The number of phenolic OH excluding ortho intramolecular Hbond substituents is 1. The number of hydrogen-bond acceptors (Lipinski definition) is 3. The van der Waals surface area contributed by atoms with Crippen LogP contribution in [0.3, 0.4) is 0 Å². The number of fused-ring (bicyclic) bond motifs is 4. The van der Waals surface area contributed by atoms with Crippen molar-refractivity contribution in [2.45, 2.75) is 63.3 Å². The summed E-state index contributed by atoms with van der Waals surface area (Å²) in [6.07, 6.45) is 7.27. The molecule has 1 aromatic rings. The Bertz CT molecular complexity index is 670. The van der Waals surface area contributed by atoms with Gasteiger partial charge in [-0.3, -0.25) is 9.69 Å². The number of hydrogen-bond donors (Lipinski definition) is 2. The number of aromatic hydroxyl groups is 1. The molecule has 0 aromatic heterocycles. The summed E-state index contributed by atoms with van der Waals surface area (Å²) in [5.41, 5.74) is 8.17. The van der Waals surface area contributed by atoms with Gasteiger partial charge in [-0.05, 0) is 80.2 Å². The number of nitrogens with two attached hydrogens (primary N) is 1. The molecule has 2 aliphatic carbocycles. The van der Waals surface area contributed by atoms with E-state index in [1.54, 1.807) is 0 Å². The van der Waals surface area contributed by atoms with E-state index in [9.17, 15) is 9.90 Å². The fraction of sp³-hybridized carbons (Fsp3) is 0.667. The van der Waals surface area contributed by atoms with Gasteiger partial charge in [-0.15, -0.1) is 0 Å². The van der Waals surface area contributed by atoms with E-state index in [-0.39, 0.29) is 11.3 Å². The molecule has 3 atom stereocenters. The quantitative estimate of drug-likeness (QED) is 0.835. The summed E-state index contributed by atoms with van der Waals surface area (Å²) >= 11 is 0. The van der Waals surface area contributed by atoms with E-state index in [1.165, 1.54) is 30.5 Å². The number of rotatable bonds is 6. The molecular weight excluding hydrogens is 312 g/mol. The second-order valence-electron chi connectivity index (χ2n) is 8.57. The van der Waals surface area contributed by atoms with E-state index in [0.717, 1.165) is 38.1 Å². The maximum atomic E-state index is 11.2. The first-order valence-corrected chi connectivity index (χ1v) is 9.84. The fourth-order valence-corrected chi connectivity index (χ4v) is 5.46. The van der Waals surface area contributed by atoms with Crippen molar-refractivity contribution in [1.82, 2.24) is 4.90 Å². The highest BCUT2D eigenvalue weighted by Crippen LogP contribution is 2.52. The molecule has 4 heteroatoms. The van der Waals surface area contributed by atoms with Crippen molar-refractivity contribution in [1.29, 1.82) is 0 Å². The van der Waals surface area contributed by atoms with E-state index < -0.39 is 0 Å². The van der Waals surface area contributed by atoms with Gasteiger partial charge >= 0.3 is 0 Å². The summed E-state index contributed by atoms with van der Waals surface area (Å²) < 4.78 is 0. The largest absolute Gasteiger partial charge is 0.508 e. The number of likely N-dealkylation sites (tertiary alicyclic amines) is 1. The van der Waals surface area contributed by atoms with Gasteiger partial charge in [0.2, 0.25) is 5.91 Å². The molecule has 3 N–H and O–H groups in total. The molecule has 2 bridgehead atoms. The second-order valence-corrected chi connectivity index (χ2v) is 8.57. The number of phenols is 1. The van der Waals surface area contributed by atoms with Crippen LogP contribution in [0.15, 0.2) is 18.2 Å². The maximum Gasteiger partial charge on any atom is 0.217 e. The third-order valence-corrected chi connectivity index (χ3v) is 7.06. The minimum absolute atomic E-state index is 0.0759. The Morgan fingerprint density at radius 1 is 1.40 bits per heavy atom. The van der Waals surface area contributed by atoms with Gasteiger partial charge in [-0.2, -0.15) is 0 Å².